The van der Waals surface area contributed by atoms with E-state index in [0.717, 1.165) is 35.0 Å². The summed E-state index contributed by atoms with van der Waals surface area (Å²) < 4.78 is 0.966. The molecule has 0 aliphatic heterocycles. The third-order valence-corrected chi connectivity index (χ3v) is 4.59. The van der Waals surface area contributed by atoms with Gasteiger partial charge in [0, 0.05) is 21.9 Å². The van der Waals surface area contributed by atoms with Crippen LogP contribution in [0, 0.1) is 0 Å². The summed E-state index contributed by atoms with van der Waals surface area (Å²) in [7, 11) is 0. The van der Waals surface area contributed by atoms with Crippen molar-refractivity contribution >= 4 is 45.6 Å². The molecule has 17 heavy (non-hydrogen) atoms. The maximum atomic E-state index is 11.9. The van der Waals surface area contributed by atoms with E-state index in [0.29, 0.717) is 12.1 Å². The molecule has 1 heterocycles. The van der Waals surface area contributed by atoms with Gasteiger partial charge in [-0.3, -0.25) is 4.79 Å². The van der Waals surface area contributed by atoms with Crippen LogP contribution >= 0.6 is 39.7 Å². The zero-order chi connectivity index (χ0) is 11.5. The molecule has 1 aromatic heterocycles. The number of hydrogen-bond donors (Lipinski definition) is 2. The number of rotatable bonds is 2. The number of thiophene rings is 1. The van der Waals surface area contributed by atoms with Crippen LogP contribution < -0.4 is 11.1 Å². The Morgan fingerprint density at radius 1 is 1.41 bits per heavy atom. The number of carbonyl (C=O) groups is 1. The molecule has 0 radical (unpaired) electrons. The fourth-order valence-electron chi connectivity index (χ4n) is 1.95. The van der Waals surface area contributed by atoms with Crippen LogP contribution in [0.4, 0.5) is 0 Å². The predicted octanol–water partition coefficient (Wildman–Crippen LogP) is 2.93. The quantitative estimate of drug-likeness (QED) is 0.870. The molecule has 1 amide bonds. The van der Waals surface area contributed by atoms with Gasteiger partial charge in [-0.05, 0) is 47.7 Å². The van der Waals surface area contributed by atoms with Crippen molar-refractivity contribution in [3.63, 3.8) is 0 Å². The minimum atomic E-state index is 0. The minimum absolute atomic E-state index is 0. The monoisotopic (exact) mass is 338 g/mol. The lowest BCUT2D eigenvalue weighted by Gasteiger charge is -2.26. The lowest BCUT2D eigenvalue weighted by molar-refractivity contribution is 0.0930. The van der Waals surface area contributed by atoms with Crippen molar-refractivity contribution in [1.82, 2.24) is 5.32 Å². The summed E-state index contributed by atoms with van der Waals surface area (Å²) >= 11 is 4.81. The zero-order valence-corrected chi connectivity index (χ0v) is 12.5. The van der Waals surface area contributed by atoms with E-state index in [1.807, 2.05) is 11.4 Å². The molecule has 1 aromatic rings. The number of halogens is 2. The number of carbonyl (C=O) groups excluding carboxylic acids is 1. The second-order valence-corrected chi connectivity index (χ2v) is 6.04. The second-order valence-electron chi connectivity index (χ2n) is 4.21. The van der Waals surface area contributed by atoms with Gasteiger partial charge in [0.05, 0.1) is 4.88 Å². The van der Waals surface area contributed by atoms with E-state index in [1.54, 1.807) is 0 Å². The van der Waals surface area contributed by atoms with Crippen LogP contribution in [0.5, 0.6) is 0 Å². The summed E-state index contributed by atoms with van der Waals surface area (Å²) in [6.07, 6.45) is 4.02. The third kappa shape index (κ3) is 4.25. The van der Waals surface area contributed by atoms with Gasteiger partial charge in [-0.1, -0.05) is 0 Å². The van der Waals surface area contributed by atoms with Crippen LogP contribution in [0.15, 0.2) is 15.9 Å². The van der Waals surface area contributed by atoms with Gasteiger partial charge in [0.25, 0.3) is 5.91 Å². The molecule has 0 saturated heterocycles. The lowest BCUT2D eigenvalue weighted by Crippen LogP contribution is -2.40. The van der Waals surface area contributed by atoms with Crippen molar-refractivity contribution < 1.29 is 4.79 Å². The summed E-state index contributed by atoms with van der Waals surface area (Å²) in [5.41, 5.74) is 5.83. The predicted molar refractivity (Wildman–Crippen MR) is 77.0 cm³/mol. The van der Waals surface area contributed by atoms with Crippen LogP contribution in [-0.4, -0.2) is 18.0 Å². The summed E-state index contributed by atoms with van der Waals surface area (Å²) in [6.45, 7) is 0. The first-order valence-corrected chi connectivity index (χ1v) is 7.13. The Balaban J connectivity index is 0.00000144. The maximum absolute atomic E-state index is 11.9. The van der Waals surface area contributed by atoms with E-state index in [4.69, 9.17) is 5.73 Å². The lowest BCUT2D eigenvalue weighted by atomic mass is 9.92. The molecule has 0 spiro atoms. The molecule has 2 rings (SSSR count). The standard InChI is InChI=1S/C11H15BrN2OS.ClH/c12-7-5-10(16-6-7)11(15)14-9-3-1-8(13)2-4-9;/h5-6,8-9H,1-4,13H2,(H,14,15);1H. The summed E-state index contributed by atoms with van der Waals surface area (Å²) in [5, 5.41) is 4.99. The third-order valence-electron chi connectivity index (χ3n) is 2.90. The SMILES string of the molecule is Cl.NC1CCC(NC(=O)c2cc(Br)cs2)CC1. The van der Waals surface area contributed by atoms with Gasteiger partial charge >= 0.3 is 0 Å². The Morgan fingerprint density at radius 2 is 2.06 bits per heavy atom. The summed E-state index contributed by atoms with van der Waals surface area (Å²) in [6, 6.07) is 2.48. The van der Waals surface area contributed by atoms with Crippen molar-refractivity contribution in [2.45, 2.75) is 37.8 Å². The fourth-order valence-corrected chi connectivity index (χ4v) is 3.28. The van der Waals surface area contributed by atoms with Crippen molar-refractivity contribution in [3.8, 4) is 0 Å². The Hall–Kier alpha value is -0.100. The molecule has 3 N–H and O–H groups in total. The molecule has 0 unspecified atom stereocenters. The Kier molecular flexibility index (Phi) is 5.92. The van der Waals surface area contributed by atoms with E-state index in [2.05, 4.69) is 21.2 Å². The first kappa shape index (κ1) is 15.0. The topological polar surface area (TPSA) is 55.1 Å². The van der Waals surface area contributed by atoms with Gasteiger partial charge < -0.3 is 11.1 Å². The van der Waals surface area contributed by atoms with E-state index in [9.17, 15) is 4.79 Å². The highest BCUT2D eigenvalue weighted by Crippen LogP contribution is 2.21. The Labute approximate surface area is 120 Å². The average Bonchev–Trinajstić information content (AvgIpc) is 2.68. The maximum Gasteiger partial charge on any atom is 0.261 e. The summed E-state index contributed by atoms with van der Waals surface area (Å²) in [5.74, 6) is 0.0381. The zero-order valence-electron chi connectivity index (χ0n) is 9.32. The number of amides is 1. The smallest absolute Gasteiger partial charge is 0.261 e. The van der Waals surface area contributed by atoms with Gasteiger partial charge in [-0.15, -0.1) is 23.7 Å². The first-order chi connectivity index (χ1) is 7.65. The molecule has 1 aliphatic carbocycles. The van der Waals surface area contributed by atoms with E-state index >= 15 is 0 Å². The minimum Gasteiger partial charge on any atom is -0.349 e. The largest absolute Gasteiger partial charge is 0.349 e. The van der Waals surface area contributed by atoms with Gasteiger partial charge in [0.15, 0.2) is 0 Å². The average molecular weight is 340 g/mol. The number of nitrogens with one attached hydrogen (secondary N) is 1. The number of nitrogens with two attached hydrogens (primary N) is 1. The molecule has 1 saturated carbocycles. The van der Waals surface area contributed by atoms with E-state index in [-0.39, 0.29) is 18.3 Å². The molecule has 1 aliphatic rings. The molecule has 3 nitrogen and oxygen atoms in total. The van der Waals surface area contributed by atoms with Crippen molar-refractivity contribution in [2.24, 2.45) is 5.73 Å². The van der Waals surface area contributed by atoms with E-state index in [1.165, 1.54) is 11.3 Å². The van der Waals surface area contributed by atoms with Gasteiger partial charge in [0.1, 0.15) is 0 Å². The normalized spacial score (nSPS) is 23.9. The molecular formula is C11H16BrClN2OS. The van der Waals surface area contributed by atoms with Crippen LogP contribution in [0.2, 0.25) is 0 Å². The molecule has 1 fully saturated rings. The van der Waals surface area contributed by atoms with Gasteiger partial charge in [-0.25, -0.2) is 0 Å². The Morgan fingerprint density at radius 3 is 2.59 bits per heavy atom. The van der Waals surface area contributed by atoms with Crippen LogP contribution in [-0.2, 0) is 0 Å². The van der Waals surface area contributed by atoms with Crippen LogP contribution in [0.3, 0.4) is 0 Å². The highest BCUT2D eigenvalue weighted by molar-refractivity contribution is 9.10. The van der Waals surface area contributed by atoms with Gasteiger partial charge in [-0.2, -0.15) is 0 Å². The number of hydrogen-bond acceptors (Lipinski definition) is 3. The van der Waals surface area contributed by atoms with Gasteiger partial charge in [0.2, 0.25) is 0 Å². The molecule has 96 valence electrons. The first-order valence-electron chi connectivity index (χ1n) is 5.45. The molecular weight excluding hydrogens is 324 g/mol. The van der Waals surface area contributed by atoms with E-state index < -0.39 is 0 Å². The fraction of sp³-hybridized carbons (Fsp3) is 0.545. The Bertz CT molecular complexity index is 377. The molecule has 0 bridgehead atoms. The van der Waals surface area contributed by atoms with Crippen molar-refractivity contribution in [2.75, 3.05) is 0 Å². The highest BCUT2D eigenvalue weighted by atomic mass is 79.9. The van der Waals surface area contributed by atoms with Crippen LogP contribution in [0.25, 0.3) is 0 Å². The highest BCUT2D eigenvalue weighted by Gasteiger charge is 2.20. The second kappa shape index (κ2) is 6.73. The molecule has 0 atom stereocenters. The summed E-state index contributed by atoms with van der Waals surface area (Å²) in [4.78, 5) is 12.6. The molecule has 0 aromatic carbocycles. The van der Waals surface area contributed by atoms with Crippen LogP contribution in [0.1, 0.15) is 35.4 Å². The van der Waals surface area contributed by atoms with Crippen molar-refractivity contribution in [1.29, 1.82) is 0 Å². The molecule has 6 heteroatoms. The van der Waals surface area contributed by atoms with Crippen molar-refractivity contribution in [3.05, 3.63) is 20.8 Å².